The van der Waals surface area contributed by atoms with Crippen molar-refractivity contribution >= 4 is 17.3 Å². The molecule has 1 amide bonds. The van der Waals surface area contributed by atoms with E-state index in [4.69, 9.17) is 5.11 Å². The van der Waals surface area contributed by atoms with Crippen LogP contribution in [-0.4, -0.2) is 29.0 Å². The van der Waals surface area contributed by atoms with Crippen LogP contribution in [0.4, 0.5) is 11.4 Å². The van der Waals surface area contributed by atoms with E-state index < -0.39 is 4.92 Å². The number of hydrogen-bond donors (Lipinski definition) is 3. The summed E-state index contributed by atoms with van der Waals surface area (Å²) in [4.78, 5) is 21.4. The molecule has 92 valence electrons. The zero-order chi connectivity index (χ0) is 12.8. The fourth-order valence-electron chi connectivity index (χ4n) is 1.21. The number of likely N-dealkylation sites (N-methyl/N-ethyl adjacent to an activating group) is 1. The third-order valence-corrected chi connectivity index (χ3v) is 1.99. The maximum Gasteiger partial charge on any atom is 0.296 e. The van der Waals surface area contributed by atoms with Gasteiger partial charge in [-0.3, -0.25) is 14.9 Å². The standard InChI is InChI=1S/C10H13N3O4/c1-2-11-6-10(15)12-8-4-3-7(14)5-9(8)13(16)17/h3-5,11,14H,2,6H2,1H3,(H,12,15). The second-order valence-corrected chi connectivity index (χ2v) is 3.29. The molecule has 0 atom stereocenters. The van der Waals surface area contributed by atoms with E-state index in [1.54, 1.807) is 0 Å². The quantitative estimate of drug-likeness (QED) is 0.401. The first-order chi connectivity index (χ1) is 8.04. The van der Waals surface area contributed by atoms with Crippen molar-refractivity contribution < 1.29 is 14.8 Å². The van der Waals surface area contributed by atoms with Gasteiger partial charge >= 0.3 is 0 Å². The minimum Gasteiger partial charge on any atom is -0.508 e. The Kier molecular flexibility index (Phi) is 4.41. The summed E-state index contributed by atoms with van der Waals surface area (Å²) >= 11 is 0. The molecule has 0 radical (unpaired) electrons. The Bertz CT molecular complexity index is 434. The number of carbonyl (C=O) groups excluding carboxylic acids is 1. The van der Waals surface area contributed by atoms with Gasteiger partial charge in [-0.05, 0) is 18.7 Å². The molecule has 0 spiro atoms. The van der Waals surface area contributed by atoms with Gasteiger partial charge in [0.1, 0.15) is 11.4 Å². The van der Waals surface area contributed by atoms with Crippen molar-refractivity contribution in [3.63, 3.8) is 0 Å². The van der Waals surface area contributed by atoms with Crippen molar-refractivity contribution in [2.75, 3.05) is 18.4 Å². The molecule has 7 nitrogen and oxygen atoms in total. The largest absolute Gasteiger partial charge is 0.508 e. The average molecular weight is 239 g/mol. The summed E-state index contributed by atoms with van der Waals surface area (Å²) < 4.78 is 0. The number of nitro groups is 1. The number of rotatable bonds is 5. The van der Waals surface area contributed by atoms with E-state index in [-0.39, 0.29) is 29.6 Å². The maximum absolute atomic E-state index is 11.4. The van der Waals surface area contributed by atoms with Gasteiger partial charge in [0.2, 0.25) is 5.91 Å². The number of nitrogens with zero attached hydrogens (tertiary/aromatic N) is 1. The molecule has 0 aliphatic heterocycles. The Morgan fingerprint density at radius 3 is 2.82 bits per heavy atom. The molecule has 7 heteroatoms. The summed E-state index contributed by atoms with van der Waals surface area (Å²) in [5.41, 5.74) is -0.273. The van der Waals surface area contributed by atoms with E-state index >= 15 is 0 Å². The number of phenols is 1. The van der Waals surface area contributed by atoms with E-state index in [0.29, 0.717) is 6.54 Å². The molecule has 0 aliphatic rings. The SMILES string of the molecule is CCNCC(=O)Nc1ccc(O)cc1[N+](=O)[O-]. The van der Waals surface area contributed by atoms with E-state index in [9.17, 15) is 14.9 Å². The van der Waals surface area contributed by atoms with Gasteiger partial charge in [0.05, 0.1) is 17.5 Å². The van der Waals surface area contributed by atoms with Crippen molar-refractivity contribution in [3.05, 3.63) is 28.3 Å². The Balaban J connectivity index is 2.83. The van der Waals surface area contributed by atoms with Crippen LogP contribution in [0.1, 0.15) is 6.92 Å². The van der Waals surface area contributed by atoms with Gasteiger partial charge in [-0.25, -0.2) is 0 Å². The topological polar surface area (TPSA) is 104 Å². The molecule has 0 aliphatic carbocycles. The number of amides is 1. The lowest BCUT2D eigenvalue weighted by Crippen LogP contribution is -2.27. The summed E-state index contributed by atoms with van der Waals surface area (Å²) in [6.45, 7) is 2.55. The molecular formula is C10H13N3O4. The molecule has 0 bridgehead atoms. The molecule has 1 aromatic rings. The fourth-order valence-corrected chi connectivity index (χ4v) is 1.21. The van der Waals surface area contributed by atoms with Crippen molar-refractivity contribution in [2.45, 2.75) is 6.92 Å². The first-order valence-corrected chi connectivity index (χ1v) is 5.02. The Hall–Kier alpha value is -2.15. The summed E-state index contributed by atoms with van der Waals surface area (Å²) in [7, 11) is 0. The molecule has 0 unspecified atom stereocenters. The molecule has 0 heterocycles. The van der Waals surface area contributed by atoms with Crippen LogP contribution in [0.5, 0.6) is 5.75 Å². The minimum absolute atomic E-state index is 0.0655. The number of hydrogen-bond acceptors (Lipinski definition) is 5. The number of phenolic OH excluding ortho intramolecular Hbond substituents is 1. The predicted molar refractivity (Wildman–Crippen MR) is 61.9 cm³/mol. The third kappa shape index (κ3) is 3.72. The molecule has 17 heavy (non-hydrogen) atoms. The Morgan fingerprint density at radius 1 is 1.53 bits per heavy atom. The Labute approximate surface area is 97.6 Å². The highest BCUT2D eigenvalue weighted by Gasteiger charge is 2.16. The molecule has 0 saturated carbocycles. The number of nitro benzene ring substituents is 1. The number of benzene rings is 1. The van der Waals surface area contributed by atoms with Gasteiger partial charge in [-0.2, -0.15) is 0 Å². The molecule has 0 aromatic heterocycles. The Morgan fingerprint density at radius 2 is 2.24 bits per heavy atom. The summed E-state index contributed by atoms with van der Waals surface area (Å²) in [6, 6.07) is 3.55. The summed E-state index contributed by atoms with van der Waals surface area (Å²) in [5, 5.41) is 25.0. The smallest absolute Gasteiger partial charge is 0.296 e. The van der Waals surface area contributed by atoms with Crippen LogP contribution in [0.25, 0.3) is 0 Å². The summed E-state index contributed by atoms with van der Waals surface area (Å²) in [6.07, 6.45) is 0. The number of aromatic hydroxyl groups is 1. The van der Waals surface area contributed by atoms with E-state index in [0.717, 1.165) is 6.07 Å². The number of anilines is 1. The van der Waals surface area contributed by atoms with Crippen LogP contribution in [0.2, 0.25) is 0 Å². The van der Waals surface area contributed by atoms with Crippen molar-refractivity contribution in [1.29, 1.82) is 0 Å². The fraction of sp³-hybridized carbons (Fsp3) is 0.300. The highest BCUT2D eigenvalue weighted by Crippen LogP contribution is 2.28. The van der Waals surface area contributed by atoms with Crippen LogP contribution in [-0.2, 0) is 4.79 Å². The highest BCUT2D eigenvalue weighted by atomic mass is 16.6. The molecule has 1 aromatic carbocycles. The monoisotopic (exact) mass is 239 g/mol. The van der Waals surface area contributed by atoms with Gasteiger partial charge in [0.25, 0.3) is 5.69 Å². The van der Waals surface area contributed by atoms with Gasteiger partial charge in [-0.1, -0.05) is 6.92 Å². The summed E-state index contributed by atoms with van der Waals surface area (Å²) in [5.74, 6) is -0.595. The number of carbonyl (C=O) groups is 1. The third-order valence-electron chi connectivity index (χ3n) is 1.99. The zero-order valence-electron chi connectivity index (χ0n) is 9.27. The van der Waals surface area contributed by atoms with E-state index in [2.05, 4.69) is 10.6 Å². The van der Waals surface area contributed by atoms with Gasteiger partial charge in [0, 0.05) is 0 Å². The molecule has 3 N–H and O–H groups in total. The highest BCUT2D eigenvalue weighted by molar-refractivity contribution is 5.94. The zero-order valence-corrected chi connectivity index (χ0v) is 9.27. The number of nitrogens with one attached hydrogen (secondary N) is 2. The van der Waals surface area contributed by atoms with Crippen molar-refractivity contribution in [3.8, 4) is 5.75 Å². The lowest BCUT2D eigenvalue weighted by Gasteiger charge is -2.06. The van der Waals surface area contributed by atoms with E-state index in [1.807, 2.05) is 6.92 Å². The average Bonchev–Trinajstić information content (AvgIpc) is 2.28. The molecule has 0 saturated heterocycles. The van der Waals surface area contributed by atoms with Crippen molar-refractivity contribution in [2.24, 2.45) is 0 Å². The van der Waals surface area contributed by atoms with Gasteiger partial charge in [-0.15, -0.1) is 0 Å². The lowest BCUT2D eigenvalue weighted by molar-refractivity contribution is -0.384. The second kappa shape index (κ2) is 5.80. The van der Waals surface area contributed by atoms with Crippen LogP contribution in [0.3, 0.4) is 0 Å². The van der Waals surface area contributed by atoms with Crippen LogP contribution in [0.15, 0.2) is 18.2 Å². The minimum atomic E-state index is -0.664. The van der Waals surface area contributed by atoms with Crippen LogP contribution >= 0.6 is 0 Å². The first-order valence-electron chi connectivity index (χ1n) is 5.02. The van der Waals surface area contributed by atoms with Crippen molar-refractivity contribution in [1.82, 2.24) is 5.32 Å². The van der Waals surface area contributed by atoms with Gasteiger partial charge < -0.3 is 15.7 Å². The molecule has 0 fully saturated rings. The first kappa shape index (κ1) is 12.9. The van der Waals surface area contributed by atoms with E-state index in [1.165, 1.54) is 12.1 Å². The van der Waals surface area contributed by atoms with Crippen LogP contribution in [0, 0.1) is 10.1 Å². The van der Waals surface area contributed by atoms with Crippen LogP contribution < -0.4 is 10.6 Å². The molecular weight excluding hydrogens is 226 g/mol. The molecule has 1 rings (SSSR count). The lowest BCUT2D eigenvalue weighted by atomic mass is 10.2. The van der Waals surface area contributed by atoms with Gasteiger partial charge in [0.15, 0.2) is 0 Å². The predicted octanol–water partition coefficient (Wildman–Crippen LogP) is 0.848. The normalized spacial score (nSPS) is 9.94. The second-order valence-electron chi connectivity index (χ2n) is 3.29. The maximum atomic E-state index is 11.4.